The molecule has 0 radical (unpaired) electrons. The first-order valence-corrected chi connectivity index (χ1v) is 7.04. The number of aliphatic carboxylic acids is 1. The van der Waals surface area contributed by atoms with E-state index in [1.807, 2.05) is 0 Å². The van der Waals surface area contributed by atoms with Crippen molar-refractivity contribution in [1.82, 2.24) is 5.32 Å². The highest BCUT2D eigenvalue weighted by atomic mass is 19.4. The van der Waals surface area contributed by atoms with E-state index in [1.165, 1.54) is 30.3 Å². The number of alkyl halides is 3. The molecule has 1 amide bonds. The Hall–Kier alpha value is -2.31. The third kappa shape index (κ3) is 6.54. The lowest BCUT2D eigenvalue weighted by molar-refractivity contribution is -0.139. The zero-order valence-electron chi connectivity index (χ0n) is 12.4. The summed E-state index contributed by atoms with van der Waals surface area (Å²) in [5, 5.41) is 11.4. The number of halogens is 3. The van der Waals surface area contributed by atoms with Crippen molar-refractivity contribution < 1.29 is 27.9 Å². The maximum Gasteiger partial charge on any atom is 0.389 e. The van der Waals surface area contributed by atoms with Crippen LogP contribution in [0.4, 0.5) is 13.2 Å². The number of carbonyl (C=O) groups is 2. The van der Waals surface area contributed by atoms with Gasteiger partial charge in [-0.15, -0.1) is 6.58 Å². The quantitative estimate of drug-likeness (QED) is 0.719. The standard InChI is InChI=1S/C16H18F3NO3/c1-2-3-8-13(15(22)23)20-14(21)12-7-5-4-6-11(12)9-10-16(17,18)19/h2,4-7,13H,1,3,8-10H2,(H,20,21)(H,22,23). The van der Waals surface area contributed by atoms with Crippen molar-refractivity contribution in [2.75, 3.05) is 0 Å². The summed E-state index contributed by atoms with van der Waals surface area (Å²) < 4.78 is 37.0. The minimum atomic E-state index is -4.32. The lowest BCUT2D eigenvalue weighted by atomic mass is 10.0. The lowest BCUT2D eigenvalue weighted by Crippen LogP contribution is -2.41. The number of carboxylic acid groups (broad SMARTS) is 1. The highest BCUT2D eigenvalue weighted by Crippen LogP contribution is 2.23. The molecule has 1 atom stereocenters. The maximum atomic E-state index is 12.3. The highest BCUT2D eigenvalue weighted by molar-refractivity contribution is 5.97. The van der Waals surface area contributed by atoms with Crippen molar-refractivity contribution in [3.05, 3.63) is 48.0 Å². The van der Waals surface area contributed by atoms with Gasteiger partial charge in [0.25, 0.3) is 5.91 Å². The first-order chi connectivity index (χ1) is 10.7. The van der Waals surface area contributed by atoms with Crippen LogP contribution >= 0.6 is 0 Å². The Morgan fingerprint density at radius 1 is 1.30 bits per heavy atom. The van der Waals surface area contributed by atoms with Gasteiger partial charge in [0, 0.05) is 12.0 Å². The first kappa shape index (κ1) is 18.7. The van der Waals surface area contributed by atoms with Gasteiger partial charge < -0.3 is 10.4 Å². The van der Waals surface area contributed by atoms with Crippen molar-refractivity contribution in [2.24, 2.45) is 0 Å². The van der Waals surface area contributed by atoms with Gasteiger partial charge in [-0.05, 0) is 30.9 Å². The third-order valence-electron chi connectivity index (χ3n) is 3.20. The SMILES string of the molecule is C=CCCC(NC(=O)c1ccccc1CCC(F)(F)F)C(=O)O. The molecule has 1 aromatic carbocycles. The molecule has 0 spiro atoms. The van der Waals surface area contributed by atoms with Gasteiger partial charge in [-0.25, -0.2) is 4.79 Å². The molecule has 4 nitrogen and oxygen atoms in total. The van der Waals surface area contributed by atoms with E-state index < -0.39 is 30.5 Å². The summed E-state index contributed by atoms with van der Waals surface area (Å²) in [7, 11) is 0. The van der Waals surface area contributed by atoms with Crippen LogP contribution in [0.15, 0.2) is 36.9 Å². The van der Waals surface area contributed by atoms with Gasteiger partial charge in [0.15, 0.2) is 0 Å². The van der Waals surface area contributed by atoms with Crippen molar-refractivity contribution in [1.29, 1.82) is 0 Å². The number of carboxylic acids is 1. The van der Waals surface area contributed by atoms with Gasteiger partial charge in [0.2, 0.25) is 0 Å². The summed E-state index contributed by atoms with van der Waals surface area (Å²) in [5.41, 5.74) is 0.289. The van der Waals surface area contributed by atoms with Crippen LogP contribution in [0, 0.1) is 0 Å². The molecule has 2 N–H and O–H groups in total. The number of benzene rings is 1. The molecule has 0 saturated heterocycles. The van der Waals surface area contributed by atoms with Gasteiger partial charge >= 0.3 is 12.1 Å². The number of rotatable bonds is 8. The van der Waals surface area contributed by atoms with E-state index >= 15 is 0 Å². The largest absolute Gasteiger partial charge is 0.480 e. The number of allylic oxidation sites excluding steroid dienone is 1. The number of hydrogen-bond acceptors (Lipinski definition) is 2. The van der Waals surface area contributed by atoms with Crippen LogP contribution in [-0.2, 0) is 11.2 Å². The summed E-state index contributed by atoms with van der Waals surface area (Å²) in [4.78, 5) is 23.3. The van der Waals surface area contributed by atoms with Gasteiger partial charge in [0.1, 0.15) is 6.04 Å². The van der Waals surface area contributed by atoms with Crippen molar-refractivity contribution in [3.63, 3.8) is 0 Å². The number of nitrogens with one attached hydrogen (secondary N) is 1. The lowest BCUT2D eigenvalue weighted by Gasteiger charge is -2.16. The molecule has 1 rings (SSSR count). The van der Waals surface area contributed by atoms with Gasteiger partial charge in [-0.3, -0.25) is 4.79 Å². The monoisotopic (exact) mass is 329 g/mol. The molecule has 0 aromatic heterocycles. The minimum Gasteiger partial charge on any atom is -0.480 e. The fourth-order valence-corrected chi connectivity index (χ4v) is 2.01. The maximum absolute atomic E-state index is 12.3. The second-order valence-corrected chi connectivity index (χ2v) is 5.00. The molecule has 0 heterocycles. The number of carbonyl (C=O) groups excluding carboxylic acids is 1. The predicted octanol–water partition coefficient (Wildman–Crippen LogP) is 3.33. The average Bonchev–Trinajstić information content (AvgIpc) is 2.48. The molecule has 0 aliphatic rings. The van der Waals surface area contributed by atoms with Crippen molar-refractivity contribution in [3.8, 4) is 0 Å². The zero-order valence-corrected chi connectivity index (χ0v) is 12.4. The van der Waals surface area contributed by atoms with Crippen LogP contribution in [0.5, 0.6) is 0 Å². The molecule has 1 unspecified atom stereocenters. The van der Waals surface area contributed by atoms with Crippen LogP contribution in [0.3, 0.4) is 0 Å². The van der Waals surface area contributed by atoms with E-state index in [9.17, 15) is 22.8 Å². The van der Waals surface area contributed by atoms with Gasteiger partial charge in [-0.2, -0.15) is 13.2 Å². The molecular weight excluding hydrogens is 311 g/mol. The topological polar surface area (TPSA) is 66.4 Å². The van der Waals surface area contributed by atoms with Crippen LogP contribution in [0.25, 0.3) is 0 Å². The Balaban J connectivity index is 2.86. The van der Waals surface area contributed by atoms with Crippen LogP contribution in [-0.4, -0.2) is 29.2 Å². The van der Waals surface area contributed by atoms with Gasteiger partial charge in [-0.1, -0.05) is 24.3 Å². The highest BCUT2D eigenvalue weighted by Gasteiger charge is 2.28. The zero-order chi connectivity index (χ0) is 17.5. The van der Waals surface area contributed by atoms with E-state index in [0.717, 1.165) is 0 Å². The Morgan fingerprint density at radius 2 is 1.96 bits per heavy atom. The van der Waals surface area contributed by atoms with Crippen LogP contribution in [0.2, 0.25) is 0 Å². The molecule has 0 aliphatic heterocycles. The van der Waals surface area contributed by atoms with E-state index in [1.54, 1.807) is 0 Å². The number of aryl methyl sites for hydroxylation is 1. The van der Waals surface area contributed by atoms with Gasteiger partial charge in [0.05, 0.1) is 0 Å². The second kappa shape index (κ2) is 8.36. The molecular formula is C16H18F3NO3. The van der Waals surface area contributed by atoms with E-state index in [2.05, 4.69) is 11.9 Å². The molecule has 126 valence electrons. The Kier molecular flexibility index (Phi) is 6.81. The summed E-state index contributed by atoms with van der Waals surface area (Å²) in [6.07, 6.45) is -3.62. The Labute approximate surface area is 132 Å². The van der Waals surface area contributed by atoms with E-state index in [4.69, 9.17) is 5.11 Å². The molecule has 0 aliphatic carbocycles. The second-order valence-electron chi connectivity index (χ2n) is 5.00. The van der Waals surface area contributed by atoms with Crippen molar-refractivity contribution >= 4 is 11.9 Å². The molecule has 0 bridgehead atoms. The fourth-order valence-electron chi connectivity index (χ4n) is 2.01. The van der Waals surface area contributed by atoms with E-state index in [0.29, 0.717) is 6.42 Å². The fraction of sp³-hybridized carbons (Fsp3) is 0.375. The molecule has 7 heteroatoms. The van der Waals surface area contributed by atoms with Crippen LogP contribution in [0.1, 0.15) is 35.2 Å². The molecule has 0 fully saturated rings. The molecule has 1 aromatic rings. The van der Waals surface area contributed by atoms with Crippen LogP contribution < -0.4 is 5.32 Å². The Bertz CT molecular complexity index is 570. The van der Waals surface area contributed by atoms with E-state index in [-0.39, 0.29) is 24.0 Å². The normalized spacial score (nSPS) is 12.5. The third-order valence-corrected chi connectivity index (χ3v) is 3.20. The minimum absolute atomic E-state index is 0.0570. The summed E-state index contributed by atoms with van der Waals surface area (Å²) >= 11 is 0. The summed E-state index contributed by atoms with van der Waals surface area (Å²) in [6.45, 7) is 3.48. The molecule has 23 heavy (non-hydrogen) atoms. The summed E-state index contributed by atoms with van der Waals surface area (Å²) in [5.74, 6) is -1.90. The smallest absolute Gasteiger partial charge is 0.389 e. The average molecular weight is 329 g/mol. The van der Waals surface area contributed by atoms with Crippen molar-refractivity contribution in [2.45, 2.75) is 37.9 Å². The Morgan fingerprint density at radius 3 is 2.52 bits per heavy atom. The number of hydrogen-bond donors (Lipinski definition) is 2. The number of amides is 1. The first-order valence-electron chi connectivity index (χ1n) is 7.04. The molecule has 0 saturated carbocycles. The summed E-state index contributed by atoms with van der Waals surface area (Å²) in [6, 6.07) is 4.75. The predicted molar refractivity (Wildman–Crippen MR) is 79.1 cm³/mol.